The van der Waals surface area contributed by atoms with Crippen LogP contribution in [-0.4, -0.2) is 22.0 Å². The minimum atomic E-state index is -4.52. The number of amides is 1. The molecule has 0 saturated heterocycles. The first-order valence-electron chi connectivity index (χ1n) is 7.77. The predicted octanol–water partition coefficient (Wildman–Crippen LogP) is 3.36. The van der Waals surface area contributed by atoms with E-state index in [1.165, 1.54) is 0 Å². The molecule has 124 valence electrons. The molecule has 0 radical (unpaired) electrons. The molecule has 1 aromatic heterocycles. The lowest BCUT2D eigenvalue weighted by Gasteiger charge is -2.13. The van der Waals surface area contributed by atoms with Gasteiger partial charge in [-0.05, 0) is 25.0 Å². The third-order valence-corrected chi connectivity index (χ3v) is 4.27. The van der Waals surface area contributed by atoms with Crippen molar-refractivity contribution in [1.29, 1.82) is 0 Å². The first kappa shape index (κ1) is 15.8. The molecular weight excluding hydrogens is 307 g/mol. The van der Waals surface area contributed by atoms with E-state index in [1.54, 1.807) is 24.3 Å². The molecule has 1 aliphatic rings. The highest BCUT2D eigenvalue weighted by molar-refractivity contribution is 5.79. The van der Waals surface area contributed by atoms with Crippen LogP contribution in [-0.2, 0) is 17.5 Å². The highest BCUT2D eigenvalue weighted by Crippen LogP contribution is 2.31. The fourth-order valence-corrected chi connectivity index (χ4v) is 3.14. The molecule has 1 amide bonds. The minimum Gasteiger partial charge on any atom is -0.354 e. The van der Waals surface area contributed by atoms with Crippen LogP contribution in [0.5, 0.6) is 0 Å². The second kappa shape index (κ2) is 6.22. The Morgan fingerprint density at radius 2 is 1.96 bits per heavy atom. The van der Waals surface area contributed by atoms with Crippen molar-refractivity contribution < 1.29 is 18.0 Å². The fourth-order valence-electron chi connectivity index (χ4n) is 3.14. The normalized spacial score (nSPS) is 16.1. The lowest BCUT2D eigenvalue weighted by atomic mass is 10.1. The largest absolute Gasteiger partial charge is 0.449 e. The van der Waals surface area contributed by atoms with Gasteiger partial charge in [0.2, 0.25) is 11.7 Å². The van der Waals surface area contributed by atoms with E-state index in [4.69, 9.17) is 0 Å². The number of carbonyl (C=O) groups excluding carboxylic acids is 1. The zero-order valence-electron chi connectivity index (χ0n) is 12.6. The Bertz CT molecular complexity index is 702. The second-order valence-electron chi connectivity index (χ2n) is 5.85. The number of hydrogen-bond acceptors (Lipinski definition) is 2. The molecule has 0 bridgehead atoms. The smallest absolute Gasteiger partial charge is 0.354 e. The summed E-state index contributed by atoms with van der Waals surface area (Å²) in [6, 6.07) is 6.49. The number of benzene rings is 1. The molecule has 1 aliphatic carbocycles. The number of carbonyl (C=O) groups is 1. The predicted molar refractivity (Wildman–Crippen MR) is 79.7 cm³/mol. The van der Waals surface area contributed by atoms with E-state index in [9.17, 15) is 18.0 Å². The van der Waals surface area contributed by atoms with Crippen LogP contribution in [0.4, 0.5) is 13.2 Å². The van der Waals surface area contributed by atoms with Gasteiger partial charge in [0.1, 0.15) is 0 Å². The lowest BCUT2D eigenvalue weighted by Crippen LogP contribution is -2.32. The third kappa shape index (κ3) is 3.33. The number of fused-ring (bicyclic) bond motifs is 1. The van der Waals surface area contributed by atoms with Crippen LogP contribution in [0.15, 0.2) is 24.3 Å². The number of imidazole rings is 1. The highest BCUT2D eigenvalue weighted by atomic mass is 19.4. The average Bonchev–Trinajstić information content (AvgIpc) is 3.14. The number of aromatic nitrogens is 2. The highest BCUT2D eigenvalue weighted by Gasteiger charge is 2.37. The monoisotopic (exact) mass is 325 g/mol. The van der Waals surface area contributed by atoms with Crippen molar-refractivity contribution in [3.05, 3.63) is 30.1 Å². The molecule has 23 heavy (non-hydrogen) atoms. The van der Waals surface area contributed by atoms with Crippen molar-refractivity contribution in [3.63, 3.8) is 0 Å². The van der Waals surface area contributed by atoms with E-state index in [0.29, 0.717) is 11.0 Å². The standard InChI is InChI=1S/C16H18F3N3O/c17-16(18,19)15-21-12-7-3-4-8-13(12)22(15)10-9-20-14(23)11-5-1-2-6-11/h3-4,7-8,11H,1-2,5-6,9-10H2,(H,20,23). The molecule has 0 atom stereocenters. The van der Waals surface area contributed by atoms with Crippen LogP contribution in [0.25, 0.3) is 11.0 Å². The molecule has 0 unspecified atom stereocenters. The average molecular weight is 325 g/mol. The Morgan fingerprint density at radius 1 is 1.26 bits per heavy atom. The van der Waals surface area contributed by atoms with Crippen molar-refractivity contribution in [1.82, 2.24) is 14.9 Å². The van der Waals surface area contributed by atoms with Crippen LogP contribution in [0, 0.1) is 5.92 Å². The van der Waals surface area contributed by atoms with Crippen LogP contribution in [0.3, 0.4) is 0 Å². The van der Waals surface area contributed by atoms with Crippen LogP contribution in [0.1, 0.15) is 31.5 Å². The summed E-state index contributed by atoms with van der Waals surface area (Å²) >= 11 is 0. The van der Waals surface area contributed by atoms with Crippen molar-refractivity contribution in [2.75, 3.05) is 6.54 Å². The van der Waals surface area contributed by atoms with Crippen molar-refractivity contribution in [2.45, 2.75) is 38.4 Å². The topological polar surface area (TPSA) is 46.9 Å². The van der Waals surface area contributed by atoms with Gasteiger partial charge in [0.25, 0.3) is 0 Å². The third-order valence-electron chi connectivity index (χ3n) is 4.27. The van der Waals surface area contributed by atoms with Gasteiger partial charge in [-0.1, -0.05) is 25.0 Å². The minimum absolute atomic E-state index is 0.0108. The number of alkyl halides is 3. The van der Waals surface area contributed by atoms with Gasteiger partial charge in [0.05, 0.1) is 11.0 Å². The van der Waals surface area contributed by atoms with Gasteiger partial charge in [-0.25, -0.2) is 4.98 Å². The number of halogens is 3. The van der Waals surface area contributed by atoms with Gasteiger partial charge >= 0.3 is 6.18 Å². The van der Waals surface area contributed by atoms with Gasteiger partial charge < -0.3 is 9.88 Å². The Kier molecular flexibility index (Phi) is 4.28. The molecule has 2 aromatic rings. The summed E-state index contributed by atoms with van der Waals surface area (Å²) in [6.45, 7) is 0.215. The molecule has 4 nitrogen and oxygen atoms in total. The van der Waals surface area contributed by atoms with Crippen molar-refractivity contribution in [2.24, 2.45) is 5.92 Å². The zero-order valence-corrected chi connectivity index (χ0v) is 12.6. The molecule has 1 aromatic carbocycles. The summed E-state index contributed by atoms with van der Waals surface area (Å²) < 4.78 is 40.6. The summed E-state index contributed by atoms with van der Waals surface area (Å²) in [5.41, 5.74) is 0.733. The van der Waals surface area contributed by atoms with E-state index >= 15 is 0 Å². The van der Waals surface area contributed by atoms with Crippen LogP contribution in [0.2, 0.25) is 0 Å². The molecule has 7 heteroatoms. The maximum absolute atomic E-state index is 13.1. The summed E-state index contributed by atoms with van der Waals surface area (Å²) in [6.07, 6.45) is -0.694. The number of hydrogen-bond donors (Lipinski definition) is 1. The molecular formula is C16H18F3N3O. The second-order valence-corrected chi connectivity index (χ2v) is 5.85. The fraction of sp³-hybridized carbons (Fsp3) is 0.500. The molecule has 0 aliphatic heterocycles. The van der Waals surface area contributed by atoms with E-state index in [1.807, 2.05) is 0 Å². The van der Waals surface area contributed by atoms with Crippen LogP contribution < -0.4 is 5.32 Å². The van der Waals surface area contributed by atoms with E-state index in [-0.39, 0.29) is 24.9 Å². The van der Waals surface area contributed by atoms with Gasteiger partial charge in [-0.3, -0.25) is 4.79 Å². The quantitative estimate of drug-likeness (QED) is 0.937. The van der Waals surface area contributed by atoms with Gasteiger partial charge in [-0.2, -0.15) is 13.2 Å². The van der Waals surface area contributed by atoms with Crippen molar-refractivity contribution in [3.8, 4) is 0 Å². The van der Waals surface area contributed by atoms with Gasteiger partial charge in [0.15, 0.2) is 0 Å². The number of rotatable bonds is 4. The molecule has 1 fully saturated rings. The summed E-state index contributed by atoms with van der Waals surface area (Å²) in [5, 5.41) is 2.75. The summed E-state index contributed by atoms with van der Waals surface area (Å²) in [4.78, 5) is 15.6. The molecule has 1 heterocycles. The Morgan fingerprint density at radius 3 is 2.65 bits per heavy atom. The Balaban J connectivity index is 1.75. The Labute approximate surface area is 131 Å². The molecule has 0 spiro atoms. The summed E-state index contributed by atoms with van der Waals surface area (Å²) in [5.74, 6) is -0.967. The van der Waals surface area contributed by atoms with E-state index in [2.05, 4.69) is 10.3 Å². The number of para-hydroxylation sites is 2. The van der Waals surface area contributed by atoms with E-state index in [0.717, 1.165) is 30.3 Å². The maximum Gasteiger partial charge on any atom is 0.449 e. The van der Waals surface area contributed by atoms with Gasteiger partial charge in [-0.15, -0.1) is 0 Å². The molecule has 3 rings (SSSR count). The molecule has 1 saturated carbocycles. The first-order valence-corrected chi connectivity index (χ1v) is 7.77. The Hall–Kier alpha value is -2.05. The van der Waals surface area contributed by atoms with Crippen LogP contribution >= 0.6 is 0 Å². The number of nitrogens with one attached hydrogen (secondary N) is 1. The zero-order chi connectivity index (χ0) is 16.4. The SMILES string of the molecule is O=C(NCCn1c(C(F)(F)F)nc2ccccc21)C1CCCC1. The lowest BCUT2D eigenvalue weighted by molar-refractivity contribution is -0.146. The molecule has 1 N–H and O–H groups in total. The number of nitrogens with zero attached hydrogens (tertiary/aromatic N) is 2. The summed E-state index contributed by atoms with van der Waals surface area (Å²) in [7, 11) is 0. The van der Waals surface area contributed by atoms with E-state index < -0.39 is 12.0 Å². The van der Waals surface area contributed by atoms with Gasteiger partial charge in [0, 0.05) is 19.0 Å². The maximum atomic E-state index is 13.1. The van der Waals surface area contributed by atoms with Crippen molar-refractivity contribution >= 4 is 16.9 Å². The first-order chi connectivity index (χ1) is 11.0.